The number of thiophene rings is 1. The number of phenolic OH excluding ortho intramolecular Hbond substituents is 1. The Morgan fingerprint density at radius 3 is 2.36 bits per heavy atom. The van der Waals surface area contributed by atoms with Gasteiger partial charge in [-0.1, -0.05) is 12.1 Å². The number of piperazine rings is 1. The number of anilines is 2. The Morgan fingerprint density at radius 1 is 0.960 bits per heavy atom. The van der Waals surface area contributed by atoms with Crippen molar-refractivity contribution in [2.45, 2.75) is 20.8 Å². The molecule has 0 unspecified atom stereocenters. The molecule has 5 nitrogen and oxygen atoms in total. The molecule has 0 spiro atoms. The molecule has 0 aliphatic carbocycles. The lowest BCUT2D eigenvalue weighted by atomic mass is 10.2. The summed E-state index contributed by atoms with van der Waals surface area (Å²) in [6.07, 6.45) is 0. The van der Waals surface area contributed by atoms with Crippen LogP contribution in [0.2, 0.25) is 0 Å². The molecule has 1 aliphatic heterocycles. The van der Waals surface area contributed by atoms with Crippen molar-refractivity contribution in [1.29, 1.82) is 0 Å². The fourth-order valence-corrected chi connectivity index (χ4v) is 4.52. The summed E-state index contributed by atoms with van der Waals surface area (Å²) in [6.45, 7) is 9.77. The molecule has 1 fully saturated rings. The van der Waals surface area contributed by atoms with E-state index in [0.717, 1.165) is 48.3 Å². The van der Waals surface area contributed by atoms with Crippen LogP contribution in [0.4, 0.5) is 11.5 Å². The fourth-order valence-electron chi connectivity index (χ4n) is 3.45. The van der Waals surface area contributed by atoms with E-state index >= 15 is 0 Å². The molecule has 1 aromatic carbocycles. The zero-order valence-electron chi connectivity index (χ0n) is 14.8. The van der Waals surface area contributed by atoms with Gasteiger partial charge in [0.05, 0.1) is 11.1 Å². The Kier molecular flexibility index (Phi) is 4.00. The predicted molar refractivity (Wildman–Crippen MR) is 104 cm³/mol. The highest BCUT2D eigenvalue weighted by Gasteiger charge is 2.23. The van der Waals surface area contributed by atoms with E-state index in [1.54, 1.807) is 17.4 Å². The van der Waals surface area contributed by atoms with Crippen LogP contribution in [0.25, 0.3) is 10.2 Å². The fraction of sp³-hybridized carbons (Fsp3) is 0.368. The van der Waals surface area contributed by atoms with Crippen LogP contribution in [0.1, 0.15) is 16.3 Å². The van der Waals surface area contributed by atoms with Gasteiger partial charge in [0, 0.05) is 31.1 Å². The van der Waals surface area contributed by atoms with E-state index in [4.69, 9.17) is 4.98 Å². The molecule has 1 aliphatic rings. The van der Waals surface area contributed by atoms with E-state index in [0.29, 0.717) is 5.75 Å². The first-order valence-corrected chi connectivity index (χ1v) is 9.38. The van der Waals surface area contributed by atoms with Crippen molar-refractivity contribution in [2.24, 2.45) is 0 Å². The summed E-state index contributed by atoms with van der Waals surface area (Å²) in [7, 11) is 0. The van der Waals surface area contributed by atoms with E-state index in [1.165, 1.54) is 15.8 Å². The standard InChI is InChI=1S/C19H22N4OS/c1-12-13(2)25-19-17(12)18(20-14(3)21-19)23-10-8-22(9-11-23)15-6-4-5-7-16(15)24/h4-7,24H,8-11H2,1-3H3. The molecule has 4 rings (SSSR count). The minimum Gasteiger partial charge on any atom is -0.506 e. The van der Waals surface area contributed by atoms with Gasteiger partial charge in [-0.3, -0.25) is 0 Å². The molecule has 0 saturated carbocycles. The first kappa shape index (κ1) is 16.1. The Labute approximate surface area is 151 Å². The van der Waals surface area contributed by atoms with Crippen molar-refractivity contribution in [3.63, 3.8) is 0 Å². The number of para-hydroxylation sites is 2. The van der Waals surface area contributed by atoms with Crippen molar-refractivity contribution in [2.75, 3.05) is 36.0 Å². The first-order valence-electron chi connectivity index (χ1n) is 8.57. The lowest BCUT2D eigenvalue weighted by molar-refractivity contribution is 0.472. The number of nitrogens with zero attached hydrogens (tertiary/aromatic N) is 4. The van der Waals surface area contributed by atoms with Gasteiger partial charge in [-0.25, -0.2) is 9.97 Å². The molecule has 0 amide bonds. The van der Waals surface area contributed by atoms with Gasteiger partial charge in [0.1, 0.15) is 22.2 Å². The normalized spacial score (nSPS) is 15.2. The third-order valence-electron chi connectivity index (χ3n) is 4.92. The molecule has 6 heteroatoms. The van der Waals surface area contributed by atoms with Crippen molar-refractivity contribution in [3.05, 3.63) is 40.5 Å². The van der Waals surface area contributed by atoms with Gasteiger partial charge in [0.2, 0.25) is 0 Å². The van der Waals surface area contributed by atoms with Crippen molar-refractivity contribution < 1.29 is 5.11 Å². The molecule has 1 N–H and O–H groups in total. The Balaban J connectivity index is 1.63. The predicted octanol–water partition coefficient (Wildman–Crippen LogP) is 3.65. The number of aromatic hydroxyl groups is 1. The average Bonchev–Trinajstić information content (AvgIpc) is 2.89. The molecule has 25 heavy (non-hydrogen) atoms. The number of aromatic nitrogens is 2. The zero-order chi connectivity index (χ0) is 17.6. The highest BCUT2D eigenvalue weighted by atomic mass is 32.1. The second-order valence-corrected chi connectivity index (χ2v) is 7.72. The van der Waals surface area contributed by atoms with Gasteiger partial charge in [0.15, 0.2) is 0 Å². The molecule has 2 aromatic heterocycles. The summed E-state index contributed by atoms with van der Waals surface area (Å²) in [5.74, 6) is 2.23. The van der Waals surface area contributed by atoms with Gasteiger partial charge in [-0.05, 0) is 38.5 Å². The molecule has 0 bridgehead atoms. The van der Waals surface area contributed by atoms with E-state index in [1.807, 2.05) is 25.1 Å². The van der Waals surface area contributed by atoms with Crippen LogP contribution in [-0.4, -0.2) is 41.3 Å². The Hall–Kier alpha value is -2.34. The molecule has 0 atom stereocenters. The van der Waals surface area contributed by atoms with Crippen LogP contribution < -0.4 is 9.80 Å². The lowest BCUT2D eigenvalue weighted by Gasteiger charge is -2.37. The van der Waals surface area contributed by atoms with Crippen LogP contribution in [-0.2, 0) is 0 Å². The number of hydrogen-bond acceptors (Lipinski definition) is 6. The van der Waals surface area contributed by atoms with Gasteiger partial charge in [-0.2, -0.15) is 0 Å². The maximum atomic E-state index is 10.1. The van der Waals surface area contributed by atoms with Crippen molar-refractivity contribution in [1.82, 2.24) is 9.97 Å². The van der Waals surface area contributed by atoms with E-state index in [2.05, 4.69) is 28.6 Å². The third kappa shape index (κ3) is 2.80. The number of hydrogen-bond donors (Lipinski definition) is 1. The summed E-state index contributed by atoms with van der Waals surface area (Å²) in [4.78, 5) is 16.4. The Morgan fingerprint density at radius 2 is 1.64 bits per heavy atom. The number of rotatable bonds is 2. The SMILES string of the molecule is Cc1nc(N2CCN(c3ccccc3O)CC2)c2c(C)c(C)sc2n1. The highest BCUT2D eigenvalue weighted by Crippen LogP contribution is 2.36. The average molecular weight is 354 g/mol. The topological polar surface area (TPSA) is 52.5 Å². The van der Waals surface area contributed by atoms with Crippen LogP contribution in [0.3, 0.4) is 0 Å². The summed E-state index contributed by atoms with van der Waals surface area (Å²) in [5, 5.41) is 11.3. The second-order valence-electron chi connectivity index (χ2n) is 6.52. The summed E-state index contributed by atoms with van der Waals surface area (Å²) in [5.41, 5.74) is 2.20. The number of phenols is 1. The van der Waals surface area contributed by atoms with E-state index in [-0.39, 0.29) is 0 Å². The number of aryl methyl sites for hydroxylation is 3. The van der Waals surface area contributed by atoms with Crippen molar-refractivity contribution >= 4 is 33.1 Å². The van der Waals surface area contributed by atoms with Gasteiger partial charge >= 0.3 is 0 Å². The molecular weight excluding hydrogens is 332 g/mol. The van der Waals surface area contributed by atoms with Gasteiger partial charge in [-0.15, -0.1) is 11.3 Å². The molecule has 3 aromatic rings. The monoisotopic (exact) mass is 354 g/mol. The van der Waals surface area contributed by atoms with E-state index in [9.17, 15) is 5.11 Å². The van der Waals surface area contributed by atoms with Crippen LogP contribution in [0.5, 0.6) is 5.75 Å². The van der Waals surface area contributed by atoms with Crippen LogP contribution >= 0.6 is 11.3 Å². The maximum absolute atomic E-state index is 10.1. The number of fused-ring (bicyclic) bond motifs is 1. The van der Waals surface area contributed by atoms with Crippen LogP contribution in [0.15, 0.2) is 24.3 Å². The molecule has 0 radical (unpaired) electrons. The first-order chi connectivity index (χ1) is 12.0. The maximum Gasteiger partial charge on any atom is 0.141 e. The quantitative estimate of drug-likeness (QED) is 0.761. The molecule has 3 heterocycles. The van der Waals surface area contributed by atoms with Crippen molar-refractivity contribution in [3.8, 4) is 5.75 Å². The third-order valence-corrected chi connectivity index (χ3v) is 6.02. The molecule has 130 valence electrons. The zero-order valence-corrected chi connectivity index (χ0v) is 15.6. The summed E-state index contributed by atoms with van der Waals surface area (Å²) >= 11 is 1.75. The smallest absolute Gasteiger partial charge is 0.141 e. The largest absolute Gasteiger partial charge is 0.506 e. The minimum absolute atomic E-state index is 0.348. The summed E-state index contributed by atoms with van der Waals surface area (Å²) < 4.78 is 0. The molecule has 1 saturated heterocycles. The van der Waals surface area contributed by atoms with E-state index < -0.39 is 0 Å². The van der Waals surface area contributed by atoms with Gasteiger partial charge in [0.25, 0.3) is 0 Å². The lowest BCUT2D eigenvalue weighted by Crippen LogP contribution is -2.47. The number of benzene rings is 1. The molecular formula is C19H22N4OS. The second kappa shape index (κ2) is 6.19. The van der Waals surface area contributed by atoms with Gasteiger partial charge < -0.3 is 14.9 Å². The Bertz CT molecular complexity index is 929. The highest BCUT2D eigenvalue weighted by molar-refractivity contribution is 7.18. The van der Waals surface area contributed by atoms with Crippen LogP contribution in [0, 0.1) is 20.8 Å². The summed E-state index contributed by atoms with van der Waals surface area (Å²) in [6, 6.07) is 7.55. The minimum atomic E-state index is 0.348.